The van der Waals surface area contributed by atoms with E-state index in [4.69, 9.17) is 34.1 Å². The van der Waals surface area contributed by atoms with Crippen molar-refractivity contribution in [1.82, 2.24) is 4.90 Å². The molecule has 3 N–H and O–H groups in total. The highest BCUT2D eigenvalue weighted by Crippen LogP contribution is 2.41. The van der Waals surface area contributed by atoms with Crippen molar-refractivity contribution in [2.75, 3.05) is 55.1 Å². The number of quaternary nitrogens is 1. The molecule has 2 atom stereocenters. The average Bonchev–Trinajstić information content (AvgIpc) is 3.03. The maximum atomic E-state index is 11.3. The van der Waals surface area contributed by atoms with Crippen LogP contribution in [0.15, 0.2) is 48.5 Å². The van der Waals surface area contributed by atoms with Crippen LogP contribution in [0.5, 0.6) is 11.5 Å². The van der Waals surface area contributed by atoms with Gasteiger partial charge in [-0.3, -0.25) is 0 Å². The molecule has 6 nitrogen and oxygen atoms in total. The van der Waals surface area contributed by atoms with E-state index in [1.54, 1.807) is 24.3 Å². The Hall–Kier alpha value is -1.83. The Labute approximate surface area is 280 Å². The van der Waals surface area contributed by atoms with Crippen LogP contribution in [0.1, 0.15) is 112 Å². The SMILES string of the molecule is [2H]C([2H])([2H])Oc1ccc(C(CN(C([2H])([2H])[2H])C([2H])([2H])[2H])C2(O)CCCCC2)cc1.[2H]C([2H])([2H])Oc1ccc(C(C[NH+](C([2H])([2H])[2H])C([2H])([2H])[2H])C2(O)CCCCC2)cc1.[Cl-]. The second-order valence-electron chi connectivity index (χ2n) is 11.1. The highest BCUT2D eigenvalue weighted by atomic mass is 35.5. The molecule has 2 fully saturated rings. The third-order valence-corrected chi connectivity index (χ3v) is 8.31. The van der Waals surface area contributed by atoms with Crippen LogP contribution in [0.2, 0.25) is 0 Å². The first-order valence-electron chi connectivity index (χ1n) is 22.9. The summed E-state index contributed by atoms with van der Waals surface area (Å²) in [5.74, 6) is -1.29. The summed E-state index contributed by atoms with van der Waals surface area (Å²) >= 11 is 0. The van der Waals surface area contributed by atoms with E-state index in [9.17, 15) is 10.2 Å². The van der Waals surface area contributed by atoms with Crippen molar-refractivity contribution in [3.8, 4) is 11.5 Å². The standard InChI is InChI=1S/2C17H27NO2.ClH/c2*1-18(2)13-16(17(19)11-5-4-6-12-17)14-7-9-15(20-3)10-8-14;/h2*7-10,16,19H,4-6,11-13H2,1-3H3;1H/i2*1D3,2D3,3D3;. The highest BCUT2D eigenvalue weighted by Gasteiger charge is 2.40. The number of likely N-dealkylation sites (N-methyl/N-ethyl adjacent to an activating group) is 2. The van der Waals surface area contributed by atoms with E-state index in [2.05, 4.69) is 0 Å². The zero-order valence-corrected chi connectivity index (χ0v) is 24.1. The maximum absolute atomic E-state index is 11.3. The van der Waals surface area contributed by atoms with Gasteiger partial charge in [0.15, 0.2) is 0 Å². The number of methoxy groups -OCH3 is 2. The van der Waals surface area contributed by atoms with Crippen molar-refractivity contribution in [2.24, 2.45) is 0 Å². The summed E-state index contributed by atoms with van der Waals surface area (Å²) in [5, 5.41) is 22.6. The third kappa shape index (κ3) is 10.1. The minimum absolute atomic E-state index is 0. The Morgan fingerprint density at radius 1 is 0.732 bits per heavy atom. The Morgan fingerprint density at radius 2 is 1.17 bits per heavy atom. The molecule has 2 unspecified atom stereocenters. The number of rotatable bonds is 10. The quantitative estimate of drug-likeness (QED) is 0.383. The smallest absolute Gasteiger partial charge is 0.118 e. The van der Waals surface area contributed by atoms with Crippen molar-refractivity contribution in [1.29, 1.82) is 0 Å². The van der Waals surface area contributed by atoms with Crippen LogP contribution in [0.25, 0.3) is 0 Å². The van der Waals surface area contributed by atoms with Crippen molar-refractivity contribution < 1.29 is 61.7 Å². The molecule has 4 rings (SSSR count). The van der Waals surface area contributed by atoms with Gasteiger partial charge in [0.1, 0.15) is 11.5 Å². The molecular weight excluding hydrogens is 536 g/mol. The summed E-state index contributed by atoms with van der Waals surface area (Å²) in [6, 6.07) is 12.0. The molecule has 0 aromatic heterocycles. The van der Waals surface area contributed by atoms with Gasteiger partial charge >= 0.3 is 0 Å². The van der Waals surface area contributed by atoms with Crippen molar-refractivity contribution in [3.63, 3.8) is 0 Å². The molecule has 2 aliphatic rings. The van der Waals surface area contributed by atoms with Crippen LogP contribution in [0.3, 0.4) is 0 Å². The zero-order valence-electron chi connectivity index (χ0n) is 41.3. The largest absolute Gasteiger partial charge is 1.00 e. The summed E-state index contributed by atoms with van der Waals surface area (Å²) in [4.78, 5) is -0.0961. The second-order valence-corrected chi connectivity index (χ2v) is 11.1. The first kappa shape index (κ1) is 16.9. The van der Waals surface area contributed by atoms with Gasteiger partial charge in [0.2, 0.25) is 0 Å². The molecular formula is C34H55ClN2O4. The fraction of sp³-hybridized carbons (Fsp3) is 0.647. The molecule has 0 heterocycles. The number of benzene rings is 2. The lowest BCUT2D eigenvalue weighted by atomic mass is 9.72. The van der Waals surface area contributed by atoms with E-state index in [-0.39, 0.29) is 37.0 Å². The Kier molecular flexibility index (Phi) is 6.88. The summed E-state index contributed by atoms with van der Waals surface area (Å²) in [6.45, 7) is -12.0. The molecule has 0 amide bonds. The van der Waals surface area contributed by atoms with Gasteiger partial charge in [0, 0.05) is 20.7 Å². The summed E-state index contributed by atoms with van der Waals surface area (Å²) < 4.78 is 145. The van der Waals surface area contributed by atoms with Gasteiger partial charge in [-0.15, -0.1) is 0 Å². The third-order valence-electron chi connectivity index (χ3n) is 8.31. The molecule has 41 heavy (non-hydrogen) atoms. The Bertz CT molecular complexity index is 1420. The van der Waals surface area contributed by atoms with E-state index in [1.165, 1.54) is 24.3 Å². The number of nitrogens with one attached hydrogen (secondary N) is 1. The maximum Gasteiger partial charge on any atom is 0.118 e. The van der Waals surface area contributed by atoms with E-state index in [0.717, 1.165) is 38.5 Å². The lowest BCUT2D eigenvalue weighted by Crippen LogP contribution is -3.06. The molecule has 7 heteroatoms. The summed E-state index contributed by atoms with van der Waals surface area (Å²) in [7, 11) is -5.21. The average molecular weight is 609 g/mol. The van der Waals surface area contributed by atoms with Gasteiger partial charge in [-0.25, -0.2) is 0 Å². The van der Waals surface area contributed by atoms with Gasteiger partial charge in [0.25, 0.3) is 0 Å². The lowest BCUT2D eigenvalue weighted by Gasteiger charge is -2.40. The molecule has 0 spiro atoms. The van der Waals surface area contributed by atoms with Crippen LogP contribution in [0.4, 0.5) is 0 Å². The Balaban J connectivity index is 0.000000400. The monoisotopic (exact) mass is 608 g/mol. The number of halogens is 1. The topological polar surface area (TPSA) is 66.6 Å². The minimum Gasteiger partial charge on any atom is -1.00 e. The predicted octanol–water partition coefficient (Wildman–Crippen LogP) is 1.66. The van der Waals surface area contributed by atoms with E-state index in [1.807, 2.05) is 0 Å². The number of hydrogen-bond donors (Lipinski definition) is 3. The lowest BCUT2D eigenvalue weighted by molar-refractivity contribution is -0.860. The molecule has 2 aliphatic carbocycles. The van der Waals surface area contributed by atoms with E-state index in [0.29, 0.717) is 41.7 Å². The minimum atomic E-state index is -2.86. The van der Waals surface area contributed by atoms with Gasteiger partial charge in [0.05, 0.1) is 68.1 Å². The molecule has 0 saturated heterocycles. The molecule has 2 aromatic rings. The number of ether oxygens (including phenoxy) is 2. The van der Waals surface area contributed by atoms with Crippen molar-refractivity contribution in [2.45, 2.75) is 87.2 Å². The molecule has 232 valence electrons. The normalized spacial score (nSPS) is 27.7. The van der Waals surface area contributed by atoms with Crippen LogP contribution >= 0.6 is 0 Å². The number of hydrogen-bond acceptors (Lipinski definition) is 5. The molecule has 0 aliphatic heterocycles. The van der Waals surface area contributed by atoms with E-state index >= 15 is 0 Å². The molecule has 0 radical (unpaired) electrons. The van der Waals surface area contributed by atoms with Crippen LogP contribution in [-0.2, 0) is 0 Å². The van der Waals surface area contributed by atoms with Gasteiger partial charge in [-0.05, 0) is 75.0 Å². The fourth-order valence-corrected chi connectivity index (χ4v) is 6.15. The zero-order chi connectivity index (χ0) is 44.2. The van der Waals surface area contributed by atoms with Crippen LogP contribution < -0.4 is 26.8 Å². The second kappa shape index (κ2) is 16.7. The summed E-state index contributed by atoms with van der Waals surface area (Å²) in [5.41, 5.74) is -1.39. The Morgan fingerprint density at radius 3 is 1.59 bits per heavy atom. The first-order valence-corrected chi connectivity index (χ1v) is 13.9. The number of nitrogens with zero attached hydrogens (tertiary/aromatic N) is 1. The van der Waals surface area contributed by atoms with Gasteiger partial charge < -0.3 is 41.9 Å². The van der Waals surface area contributed by atoms with Gasteiger partial charge in [-0.2, -0.15) is 0 Å². The molecule has 2 saturated carbocycles. The highest BCUT2D eigenvalue weighted by molar-refractivity contribution is 5.32. The predicted molar refractivity (Wildman–Crippen MR) is 164 cm³/mol. The fourth-order valence-electron chi connectivity index (χ4n) is 6.15. The molecule has 2 aromatic carbocycles. The van der Waals surface area contributed by atoms with E-state index < -0.39 is 69.9 Å². The molecule has 0 bridgehead atoms. The first-order chi connectivity index (χ1) is 26.2. The van der Waals surface area contributed by atoms with Crippen molar-refractivity contribution >= 4 is 0 Å². The van der Waals surface area contributed by atoms with Crippen LogP contribution in [0, 0.1) is 0 Å². The van der Waals surface area contributed by atoms with Gasteiger partial charge in [-0.1, -0.05) is 62.8 Å². The van der Waals surface area contributed by atoms with Crippen LogP contribution in [-0.4, -0.2) is 81.4 Å². The number of aliphatic hydroxyl groups is 2. The van der Waals surface area contributed by atoms with Crippen molar-refractivity contribution in [3.05, 3.63) is 59.7 Å². The summed E-state index contributed by atoms with van der Waals surface area (Å²) in [6.07, 6.45) is 6.71.